The summed E-state index contributed by atoms with van der Waals surface area (Å²) in [4.78, 5) is 28.4. The average Bonchev–Trinajstić information content (AvgIpc) is 3.05. The molecule has 0 unspecified atom stereocenters. The molecule has 1 fully saturated rings. The second kappa shape index (κ2) is 9.41. The van der Waals surface area contributed by atoms with E-state index in [1.54, 1.807) is 6.92 Å². The molecule has 1 aliphatic heterocycles. The van der Waals surface area contributed by atoms with Crippen LogP contribution in [0, 0.1) is 5.41 Å². The molecule has 0 bridgehead atoms. The van der Waals surface area contributed by atoms with E-state index in [1.165, 1.54) is 0 Å². The third-order valence-corrected chi connectivity index (χ3v) is 4.79. The van der Waals surface area contributed by atoms with Crippen LogP contribution in [0.2, 0.25) is 0 Å². The molecule has 6 heteroatoms. The van der Waals surface area contributed by atoms with Gasteiger partial charge in [0.1, 0.15) is 0 Å². The second-order valence-electron chi connectivity index (χ2n) is 9.06. The van der Waals surface area contributed by atoms with Crippen molar-refractivity contribution in [1.29, 1.82) is 0 Å². The summed E-state index contributed by atoms with van der Waals surface area (Å²) in [5, 5.41) is 3.00. The van der Waals surface area contributed by atoms with Crippen molar-refractivity contribution in [1.82, 2.24) is 4.90 Å². The number of anilines is 2. The van der Waals surface area contributed by atoms with E-state index >= 15 is 0 Å². The van der Waals surface area contributed by atoms with Crippen LogP contribution in [-0.4, -0.2) is 50.1 Å². The molecule has 1 aliphatic rings. The summed E-state index contributed by atoms with van der Waals surface area (Å²) in [6.07, 6.45) is 2.61. The highest BCUT2D eigenvalue weighted by Gasteiger charge is 2.22. The predicted octanol–water partition coefficient (Wildman–Crippen LogP) is 3.65. The fourth-order valence-corrected chi connectivity index (χ4v) is 3.46. The number of ether oxygens (including phenoxy) is 1. The molecule has 2 amide bonds. The maximum Gasteiger partial charge on any atom is 0.224 e. The maximum absolute atomic E-state index is 12.3. The molecule has 156 valence electrons. The number of hydrogen-bond donors (Lipinski definition) is 1. The fourth-order valence-electron chi connectivity index (χ4n) is 3.46. The number of amides is 2. The third kappa shape index (κ3) is 6.82. The molecular weight excluding hydrogens is 354 g/mol. The number of carbonyl (C=O) groups excluding carboxylic acids is 2. The maximum atomic E-state index is 12.3. The van der Waals surface area contributed by atoms with Gasteiger partial charge in [0.25, 0.3) is 0 Å². The number of hydrogen-bond acceptors (Lipinski definition) is 4. The first kappa shape index (κ1) is 22.2. The van der Waals surface area contributed by atoms with Crippen molar-refractivity contribution in [2.24, 2.45) is 5.41 Å². The summed E-state index contributed by atoms with van der Waals surface area (Å²) in [6, 6.07) is 5.88. The zero-order chi connectivity index (χ0) is 20.9. The highest BCUT2D eigenvalue weighted by atomic mass is 16.5. The lowest BCUT2D eigenvalue weighted by Gasteiger charge is -2.27. The smallest absolute Gasteiger partial charge is 0.224 e. The average molecular weight is 390 g/mol. The van der Waals surface area contributed by atoms with Crippen LogP contribution in [0.1, 0.15) is 52.5 Å². The van der Waals surface area contributed by atoms with Crippen LogP contribution in [0.4, 0.5) is 11.4 Å². The molecule has 1 saturated heterocycles. The van der Waals surface area contributed by atoms with Crippen LogP contribution in [0.25, 0.3) is 0 Å². The molecule has 0 aromatic heterocycles. The van der Waals surface area contributed by atoms with Crippen LogP contribution in [0.15, 0.2) is 18.2 Å². The minimum absolute atomic E-state index is 0.00108. The number of rotatable bonds is 7. The number of nitrogens with one attached hydrogen (secondary N) is 1. The summed E-state index contributed by atoms with van der Waals surface area (Å²) < 4.78 is 5.71. The zero-order valence-corrected chi connectivity index (χ0v) is 18.2. The van der Waals surface area contributed by atoms with Gasteiger partial charge in [-0.1, -0.05) is 20.8 Å². The first-order chi connectivity index (χ1) is 13.0. The van der Waals surface area contributed by atoms with Crippen LogP contribution in [-0.2, 0) is 20.9 Å². The highest BCUT2D eigenvalue weighted by molar-refractivity contribution is 5.91. The van der Waals surface area contributed by atoms with E-state index in [-0.39, 0.29) is 23.3 Å². The number of benzene rings is 1. The third-order valence-electron chi connectivity index (χ3n) is 4.79. The van der Waals surface area contributed by atoms with Crippen LogP contribution < -0.4 is 10.2 Å². The van der Waals surface area contributed by atoms with Crippen LogP contribution in [0.3, 0.4) is 0 Å². The Labute approximate surface area is 169 Å². The summed E-state index contributed by atoms with van der Waals surface area (Å²) in [7, 11) is 3.96. The van der Waals surface area contributed by atoms with Crippen molar-refractivity contribution in [3.05, 3.63) is 23.8 Å². The molecule has 2 rings (SSSR count). The van der Waals surface area contributed by atoms with Gasteiger partial charge in [0.15, 0.2) is 0 Å². The van der Waals surface area contributed by atoms with E-state index in [0.717, 1.165) is 36.4 Å². The van der Waals surface area contributed by atoms with Gasteiger partial charge in [-0.15, -0.1) is 0 Å². The monoisotopic (exact) mass is 389 g/mol. The zero-order valence-electron chi connectivity index (χ0n) is 18.2. The first-order valence-electron chi connectivity index (χ1n) is 10.0. The van der Waals surface area contributed by atoms with E-state index in [0.29, 0.717) is 19.5 Å². The van der Waals surface area contributed by atoms with Gasteiger partial charge in [-0.2, -0.15) is 0 Å². The van der Waals surface area contributed by atoms with E-state index in [1.807, 2.05) is 62.9 Å². The topological polar surface area (TPSA) is 61.9 Å². The van der Waals surface area contributed by atoms with Gasteiger partial charge in [-0.25, -0.2) is 0 Å². The highest BCUT2D eigenvalue weighted by Crippen LogP contribution is 2.26. The van der Waals surface area contributed by atoms with Gasteiger partial charge in [0.2, 0.25) is 11.8 Å². The van der Waals surface area contributed by atoms with Crippen LogP contribution in [0.5, 0.6) is 0 Å². The molecule has 1 aromatic carbocycles. The van der Waals surface area contributed by atoms with Gasteiger partial charge in [-0.05, 0) is 42.0 Å². The van der Waals surface area contributed by atoms with Crippen LogP contribution >= 0.6 is 0 Å². The molecule has 0 spiro atoms. The van der Waals surface area contributed by atoms with E-state index in [9.17, 15) is 9.59 Å². The molecular formula is C22H35N3O3. The lowest BCUT2D eigenvalue weighted by molar-refractivity contribution is -0.131. The molecule has 1 atom stereocenters. The summed E-state index contributed by atoms with van der Waals surface area (Å²) in [6.45, 7) is 9.59. The lowest BCUT2D eigenvalue weighted by Crippen LogP contribution is -2.35. The Balaban J connectivity index is 2.19. The molecule has 0 saturated carbocycles. The Bertz CT molecular complexity index is 689. The SMILES string of the molecule is CC(=O)N(Cc1cc(NC(=O)CC(C)(C)C)ccc1N(C)C)C[C@H]1CCCO1. The molecule has 0 aliphatic carbocycles. The Kier molecular flexibility index (Phi) is 7.47. The molecule has 1 aromatic rings. The Morgan fingerprint density at radius 3 is 2.50 bits per heavy atom. The standard InChI is InChI=1S/C22H35N3O3/c1-16(26)25(15-19-8-7-11-28-19)14-17-12-18(9-10-20(17)24(5)6)23-21(27)13-22(2,3)4/h9-10,12,19H,7-8,11,13-15H2,1-6H3,(H,23,27)/t19-/m1/s1. The van der Waals surface area contributed by atoms with Crippen molar-refractivity contribution >= 4 is 23.2 Å². The van der Waals surface area contributed by atoms with Crippen molar-refractivity contribution in [2.75, 3.05) is 37.5 Å². The second-order valence-corrected chi connectivity index (χ2v) is 9.06. The summed E-state index contributed by atoms with van der Waals surface area (Å²) in [5.41, 5.74) is 2.73. The number of carbonyl (C=O) groups is 2. The minimum Gasteiger partial charge on any atom is -0.377 e. The minimum atomic E-state index is -0.0663. The summed E-state index contributed by atoms with van der Waals surface area (Å²) >= 11 is 0. The Morgan fingerprint density at radius 2 is 1.96 bits per heavy atom. The molecule has 1 heterocycles. The van der Waals surface area contributed by atoms with Gasteiger partial charge >= 0.3 is 0 Å². The molecule has 6 nitrogen and oxygen atoms in total. The van der Waals surface area contributed by atoms with E-state index < -0.39 is 0 Å². The van der Waals surface area contributed by atoms with Crippen molar-refractivity contribution < 1.29 is 14.3 Å². The van der Waals surface area contributed by atoms with Crippen molar-refractivity contribution in [3.8, 4) is 0 Å². The normalized spacial score (nSPS) is 16.7. The summed E-state index contributed by atoms with van der Waals surface area (Å²) in [5.74, 6) is 0.0289. The van der Waals surface area contributed by atoms with Gasteiger partial charge in [0.05, 0.1) is 6.10 Å². The molecule has 28 heavy (non-hydrogen) atoms. The molecule has 1 N–H and O–H groups in total. The van der Waals surface area contributed by atoms with Gasteiger partial charge in [-0.3, -0.25) is 9.59 Å². The predicted molar refractivity (Wildman–Crippen MR) is 114 cm³/mol. The largest absolute Gasteiger partial charge is 0.377 e. The van der Waals surface area contributed by atoms with Gasteiger partial charge < -0.3 is 19.9 Å². The first-order valence-corrected chi connectivity index (χ1v) is 10.0. The van der Waals surface area contributed by atoms with E-state index in [2.05, 4.69) is 5.32 Å². The Morgan fingerprint density at radius 1 is 1.25 bits per heavy atom. The van der Waals surface area contributed by atoms with E-state index in [4.69, 9.17) is 4.74 Å². The quantitative estimate of drug-likeness (QED) is 0.773. The lowest BCUT2D eigenvalue weighted by atomic mass is 9.92. The fraction of sp³-hybridized carbons (Fsp3) is 0.636. The number of nitrogens with zero attached hydrogens (tertiary/aromatic N) is 2. The van der Waals surface area contributed by atoms with Gasteiger partial charge in [0, 0.05) is 58.5 Å². The molecule has 0 radical (unpaired) electrons. The Hall–Kier alpha value is -2.08. The van der Waals surface area contributed by atoms with Crippen molar-refractivity contribution in [2.45, 2.75) is 59.6 Å². The van der Waals surface area contributed by atoms with Crippen molar-refractivity contribution in [3.63, 3.8) is 0 Å².